The molecule has 0 aromatic heterocycles. The number of nitrogens with one attached hydrogen (secondary N) is 2. The van der Waals surface area contributed by atoms with Gasteiger partial charge in [-0.3, -0.25) is 9.52 Å². The summed E-state index contributed by atoms with van der Waals surface area (Å²) in [5.41, 5.74) is 6.52. The van der Waals surface area contributed by atoms with Crippen molar-refractivity contribution >= 4 is 21.6 Å². The van der Waals surface area contributed by atoms with E-state index in [1.54, 1.807) is 18.2 Å². The molecule has 0 saturated carbocycles. The first-order valence-corrected chi connectivity index (χ1v) is 9.37. The summed E-state index contributed by atoms with van der Waals surface area (Å²) in [7, 11) is -3.32. The van der Waals surface area contributed by atoms with E-state index >= 15 is 0 Å². The van der Waals surface area contributed by atoms with Crippen LogP contribution in [0.5, 0.6) is 0 Å². The van der Waals surface area contributed by atoms with E-state index in [0.29, 0.717) is 38.3 Å². The Hall–Kier alpha value is -1.64. The summed E-state index contributed by atoms with van der Waals surface area (Å²) in [6, 6.07) is 6.92. The Kier molecular flexibility index (Phi) is 5.61. The van der Waals surface area contributed by atoms with Gasteiger partial charge in [-0.2, -0.15) is 0 Å². The molecule has 1 aromatic rings. The molecule has 7 nitrogen and oxygen atoms in total. The van der Waals surface area contributed by atoms with E-state index in [9.17, 15) is 13.2 Å². The minimum atomic E-state index is -3.32. The number of carbonyl (C=O) groups is 1. The number of sulfonamides is 1. The molecule has 0 bridgehead atoms. The molecule has 4 N–H and O–H groups in total. The molecule has 1 heterocycles. The van der Waals surface area contributed by atoms with Gasteiger partial charge in [0.05, 0.1) is 11.7 Å². The molecule has 1 amide bonds. The third-order valence-electron chi connectivity index (χ3n) is 4.01. The fourth-order valence-corrected chi connectivity index (χ4v) is 3.17. The highest BCUT2D eigenvalue weighted by Gasteiger charge is 2.38. The lowest BCUT2D eigenvalue weighted by atomic mass is 9.79. The van der Waals surface area contributed by atoms with Crippen LogP contribution in [0.15, 0.2) is 24.3 Å². The SMILES string of the molecule is CS(=O)(=O)Nc1cccc(CNC(=O)C2(CN)CCOCC2)c1. The minimum absolute atomic E-state index is 0.0789. The van der Waals surface area contributed by atoms with Crippen LogP contribution < -0.4 is 15.8 Å². The molecule has 0 radical (unpaired) electrons. The smallest absolute Gasteiger partial charge is 0.229 e. The first kappa shape index (κ1) is 17.7. The van der Waals surface area contributed by atoms with Crippen molar-refractivity contribution in [2.45, 2.75) is 19.4 Å². The summed E-state index contributed by atoms with van der Waals surface area (Å²) in [6.45, 7) is 1.69. The predicted octanol–water partition coefficient (Wildman–Crippen LogP) is 0.430. The highest BCUT2D eigenvalue weighted by atomic mass is 32.2. The van der Waals surface area contributed by atoms with E-state index in [0.717, 1.165) is 11.8 Å². The number of rotatable bonds is 6. The van der Waals surface area contributed by atoms with E-state index in [1.165, 1.54) is 0 Å². The van der Waals surface area contributed by atoms with Crippen LogP contribution in [0.3, 0.4) is 0 Å². The summed E-state index contributed by atoms with van der Waals surface area (Å²) in [5.74, 6) is -0.0789. The topological polar surface area (TPSA) is 111 Å². The Labute approximate surface area is 136 Å². The Morgan fingerprint density at radius 3 is 2.65 bits per heavy atom. The van der Waals surface area contributed by atoms with Crippen molar-refractivity contribution in [1.29, 1.82) is 0 Å². The summed E-state index contributed by atoms with van der Waals surface area (Å²) in [5, 5.41) is 2.90. The van der Waals surface area contributed by atoms with Crippen LogP contribution in [0, 0.1) is 5.41 Å². The van der Waals surface area contributed by atoms with Gasteiger partial charge >= 0.3 is 0 Å². The number of ether oxygens (including phenoxy) is 1. The van der Waals surface area contributed by atoms with Crippen molar-refractivity contribution in [3.63, 3.8) is 0 Å². The van der Waals surface area contributed by atoms with Crippen molar-refractivity contribution in [3.8, 4) is 0 Å². The predicted molar refractivity (Wildman–Crippen MR) is 88.3 cm³/mol. The second kappa shape index (κ2) is 7.29. The van der Waals surface area contributed by atoms with Crippen LogP contribution in [0.4, 0.5) is 5.69 Å². The van der Waals surface area contributed by atoms with Gasteiger partial charge in [0, 0.05) is 32.0 Å². The molecule has 128 valence electrons. The Balaban J connectivity index is 2.00. The van der Waals surface area contributed by atoms with Crippen LogP contribution >= 0.6 is 0 Å². The second-order valence-electron chi connectivity index (χ2n) is 5.85. The van der Waals surface area contributed by atoms with Gasteiger partial charge in [-0.05, 0) is 30.5 Å². The van der Waals surface area contributed by atoms with Crippen LogP contribution in [-0.4, -0.2) is 40.3 Å². The van der Waals surface area contributed by atoms with Gasteiger partial charge in [0.1, 0.15) is 0 Å². The Bertz CT molecular complexity index is 654. The molecule has 1 aliphatic rings. The standard InChI is InChI=1S/C15H23N3O4S/c1-23(20,21)18-13-4-2-3-12(9-13)10-17-14(19)15(11-16)5-7-22-8-6-15/h2-4,9,18H,5-8,10-11,16H2,1H3,(H,17,19). The van der Waals surface area contributed by atoms with Crippen molar-refractivity contribution < 1.29 is 17.9 Å². The quantitative estimate of drug-likeness (QED) is 0.695. The van der Waals surface area contributed by atoms with Gasteiger partial charge in [0.2, 0.25) is 15.9 Å². The number of hydrogen-bond donors (Lipinski definition) is 3. The average molecular weight is 341 g/mol. The number of nitrogens with two attached hydrogens (primary N) is 1. The highest BCUT2D eigenvalue weighted by Crippen LogP contribution is 2.29. The van der Waals surface area contributed by atoms with Gasteiger partial charge in [-0.25, -0.2) is 8.42 Å². The molecule has 2 rings (SSSR count). The molecule has 1 fully saturated rings. The fraction of sp³-hybridized carbons (Fsp3) is 0.533. The number of carbonyl (C=O) groups excluding carboxylic acids is 1. The highest BCUT2D eigenvalue weighted by molar-refractivity contribution is 7.92. The van der Waals surface area contributed by atoms with Crippen LogP contribution in [-0.2, 0) is 26.1 Å². The molecule has 1 aromatic carbocycles. The van der Waals surface area contributed by atoms with E-state index in [1.807, 2.05) is 6.07 Å². The molecular formula is C15H23N3O4S. The van der Waals surface area contributed by atoms with Crippen LogP contribution in [0.1, 0.15) is 18.4 Å². The van der Waals surface area contributed by atoms with Crippen LogP contribution in [0.25, 0.3) is 0 Å². The number of hydrogen-bond acceptors (Lipinski definition) is 5. The van der Waals surface area contributed by atoms with Crippen LogP contribution in [0.2, 0.25) is 0 Å². The van der Waals surface area contributed by atoms with Crippen molar-refractivity contribution in [3.05, 3.63) is 29.8 Å². The molecule has 0 spiro atoms. The first-order valence-electron chi connectivity index (χ1n) is 7.47. The maximum absolute atomic E-state index is 12.5. The third-order valence-corrected chi connectivity index (χ3v) is 4.61. The molecule has 0 aliphatic carbocycles. The summed E-state index contributed by atoms with van der Waals surface area (Å²) in [4.78, 5) is 12.5. The van der Waals surface area contributed by atoms with Gasteiger partial charge in [-0.1, -0.05) is 12.1 Å². The van der Waals surface area contributed by atoms with Gasteiger partial charge in [0.25, 0.3) is 0 Å². The summed E-state index contributed by atoms with van der Waals surface area (Å²) < 4.78 is 30.2. The zero-order valence-electron chi connectivity index (χ0n) is 13.2. The minimum Gasteiger partial charge on any atom is -0.381 e. The third kappa shape index (κ3) is 4.92. The lowest BCUT2D eigenvalue weighted by Gasteiger charge is -2.34. The number of benzene rings is 1. The molecule has 0 unspecified atom stereocenters. The lowest BCUT2D eigenvalue weighted by Crippen LogP contribution is -2.48. The zero-order chi connectivity index (χ0) is 16.9. The maximum Gasteiger partial charge on any atom is 0.229 e. The largest absolute Gasteiger partial charge is 0.381 e. The van der Waals surface area contributed by atoms with E-state index in [2.05, 4.69) is 10.0 Å². The van der Waals surface area contributed by atoms with Crippen molar-refractivity contribution in [2.75, 3.05) is 30.7 Å². The Morgan fingerprint density at radius 1 is 1.35 bits per heavy atom. The molecule has 1 aliphatic heterocycles. The van der Waals surface area contributed by atoms with E-state index in [-0.39, 0.29) is 12.5 Å². The van der Waals surface area contributed by atoms with Crippen molar-refractivity contribution in [1.82, 2.24) is 5.32 Å². The van der Waals surface area contributed by atoms with Gasteiger partial charge in [0.15, 0.2) is 0 Å². The lowest BCUT2D eigenvalue weighted by molar-refractivity contribution is -0.136. The number of anilines is 1. The average Bonchev–Trinajstić information content (AvgIpc) is 2.52. The maximum atomic E-state index is 12.5. The monoisotopic (exact) mass is 341 g/mol. The molecule has 8 heteroatoms. The Morgan fingerprint density at radius 2 is 2.04 bits per heavy atom. The fourth-order valence-electron chi connectivity index (χ4n) is 2.61. The molecule has 23 heavy (non-hydrogen) atoms. The normalized spacial score (nSPS) is 17.5. The van der Waals surface area contributed by atoms with Crippen molar-refractivity contribution in [2.24, 2.45) is 11.1 Å². The van der Waals surface area contributed by atoms with E-state index in [4.69, 9.17) is 10.5 Å². The summed E-state index contributed by atoms with van der Waals surface area (Å²) in [6.07, 6.45) is 2.33. The summed E-state index contributed by atoms with van der Waals surface area (Å²) >= 11 is 0. The molecule has 0 atom stereocenters. The van der Waals surface area contributed by atoms with E-state index < -0.39 is 15.4 Å². The number of amides is 1. The molecule has 1 saturated heterocycles. The zero-order valence-corrected chi connectivity index (χ0v) is 14.0. The first-order chi connectivity index (χ1) is 10.8. The molecular weight excluding hydrogens is 318 g/mol. The second-order valence-corrected chi connectivity index (χ2v) is 7.60. The van der Waals surface area contributed by atoms with Gasteiger partial charge in [-0.15, -0.1) is 0 Å². The van der Waals surface area contributed by atoms with Gasteiger partial charge < -0.3 is 15.8 Å².